The van der Waals surface area contributed by atoms with Crippen molar-refractivity contribution in [1.82, 2.24) is 19.5 Å². The van der Waals surface area contributed by atoms with Crippen molar-refractivity contribution in [2.45, 2.75) is 82.4 Å². The van der Waals surface area contributed by atoms with Gasteiger partial charge in [-0.2, -0.15) is 9.97 Å². The average molecular weight is 668 g/mol. The van der Waals surface area contributed by atoms with Gasteiger partial charge in [-0.25, -0.2) is 4.98 Å². The normalized spacial score (nSPS) is 23.8. The molecule has 14 heteroatoms. The quantitative estimate of drug-likeness (QED) is 0.125. The lowest BCUT2D eigenvalue weighted by atomic mass is 9.99. The molecule has 12 nitrogen and oxygen atoms in total. The molecule has 0 aliphatic carbocycles. The second-order valence-electron chi connectivity index (χ2n) is 9.18. The zero-order chi connectivity index (χ0) is 27.1. The van der Waals surface area contributed by atoms with E-state index in [1.807, 2.05) is 16.7 Å². The number of rotatable bonds is 14. The molecular formula is C24H34IN5O7S. The fourth-order valence-corrected chi connectivity index (χ4v) is 5.93. The van der Waals surface area contributed by atoms with Gasteiger partial charge < -0.3 is 44.9 Å². The van der Waals surface area contributed by atoms with Crippen LogP contribution in [0.5, 0.6) is 5.88 Å². The third kappa shape index (κ3) is 7.50. The molecule has 1 fully saturated rings. The highest BCUT2D eigenvalue weighted by molar-refractivity contribution is 14.1. The first-order valence-electron chi connectivity index (χ1n) is 12.6. The van der Waals surface area contributed by atoms with Gasteiger partial charge in [-0.15, -0.1) is 11.3 Å². The number of thiophene rings is 1. The Balaban J connectivity index is 1.14. The van der Waals surface area contributed by atoms with Gasteiger partial charge in [0.25, 0.3) is 0 Å². The molecule has 3 aromatic heterocycles. The molecule has 1 aliphatic rings. The Morgan fingerprint density at radius 1 is 1.03 bits per heavy atom. The molecule has 0 unspecified atom stereocenters. The minimum Gasteiger partial charge on any atom is -0.470 e. The summed E-state index contributed by atoms with van der Waals surface area (Å²) in [5.74, 6) is 0.543. The summed E-state index contributed by atoms with van der Waals surface area (Å²) < 4.78 is 19.9. The van der Waals surface area contributed by atoms with Gasteiger partial charge in [0.2, 0.25) is 11.8 Å². The van der Waals surface area contributed by atoms with Gasteiger partial charge in [-0.1, -0.05) is 25.7 Å². The van der Waals surface area contributed by atoms with Crippen molar-refractivity contribution in [2.24, 2.45) is 0 Å². The maximum absolute atomic E-state index is 10.0. The Kier molecular flexibility index (Phi) is 10.9. The zero-order valence-corrected chi connectivity index (χ0v) is 23.8. The van der Waals surface area contributed by atoms with E-state index >= 15 is 0 Å². The first-order chi connectivity index (χ1) is 18.4. The molecule has 0 aromatic carbocycles. The summed E-state index contributed by atoms with van der Waals surface area (Å²) in [6.07, 6.45) is 1.35. The summed E-state index contributed by atoms with van der Waals surface area (Å²) in [6.45, 7) is 1.04. The number of imidazole rings is 1. The second kappa shape index (κ2) is 14.1. The molecule has 0 bridgehead atoms. The summed E-state index contributed by atoms with van der Waals surface area (Å²) in [4.78, 5) is 14.2. The van der Waals surface area contributed by atoms with Crippen molar-refractivity contribution in [3.63, 3.8) is 0 Å². The molecule has 4 heterocycles. The first kappa shape index (κ1) is 29.3. The number of ether oxygens (including phenoxy) is 3. The van der Waals surface area contributed by atoms with Crippen LogP contribution in [0.3, 0.4) is 0 Å². The Hall–Kier alpha value is -1.66. The lowest BCUT2D eigenvalue weighted by molar-refractivity contribution is -0.301. The smallest absolute Gasteiger partial charge is 0.247 e. The number of aliphatic hydroxyl groups excluding tert-OH is 4. The summed E-state index contributed by atoms with van der Waals surface area (Å²) in [6, 6.07) is 4.07. The van der Waals surface area contributed by atoms with Gasteiger partial charge in [0.05, 0.1) is 15.8 Å². The van der Waals surface area contributed by atoms with Crippen LogP contribution in [0.15, 0.2) is 18.5 Å². The van der Waals surface area contributed by atoms with Crippen LogP contribution in [0.2, 0.25) is 0 Å². The van der Waals surface area contributed by atoms with Gasteiger partial charge in [-0.3, -0.25) is 0 Å². The van der Waals surface area contributed by atoms with E-state index in [1.165, 1.54) is 2.88 Å². The van der Waals surface area contributed by atoms with Crippen LogP contribution in [0.1, 0.15) is 43.4 Å². The zero-order valence-electron chi connectivity index (χ0n) is 20.9. The van der Waals surface area contributed by atoms with Gasteiger partial charge in [0.1, 0.15) is 31.0 Å². The number of anilines is 1. The first-order valence-corrected chi connectivity index (χ1v) is 14.5. The highest BCUT2D eigenvalue weighted by Crippen LogP contribution is 2.26. The highest BCUT2D eigenvalue weighted by atomic mass is 131. The molecule has 0 amide bonds. The Bertz CT molecular complexity index is 1160. The molecule has 38 heavy (non-hydrogen) atoms. The number of nitrogen functional groups attached to an aromatic ring is 1. The number of hydrogen-bond donors (Lipinski definition) is 5. The molecule has 210 valence electrons. The van der Waals surface area contributed by atoms with Crippen molar-refractivity contribution in [2.75, 3.05) is 18.9 Å². The number of nitrogens with zero attached hydrogens (tertiary/aromatic N) is 4. The number of hydrogen-bond acceptors (Lipinski definition) is 12. The van der Waals surface area contributed by atoms with Gasteiger partial charge >= 0.3 is 0 Å². The van der Waals surface area contributed by atoms with E-state index in [4.69, 9.17) is 19.9 Å². The van der Waals surface area contributed by atoms with E-state index in [9.17, 15) is 20.4 Å². The van der Waals surface area contributed by atoms with E-state index in [2.05, 4.69) is 37.5 Å². The van der Waals surface area contributed by atoms with Crippen LogP contribution in [-0.2, 0) is 22.6 Å². The van der Waals surface area contributed by atoms with Crippen LogP contribution in [0.4, 0.5) is 5.95 Å². The van der Waals surface area contributed by atoms with E-state index < -0.39 is 37.3 Å². The topological polar surface area (TPSA) is 178 Å². The van der Waals surface area contributed by atoms with Crippen molar-refractivity contribution in [1.29, 1.82) is 0 Å². The Labute approximate surface area is 237 Å². The minimum atomic E-state index is -1.42. The van der Waals surface area contributed by atoms with E-state index in [-0.39, 0.29) is 5.95 Å². The molecule has 0 radical (unpaired) electrons. The maximum Gasteiger partial charge on any atom is 0.247 e. The number of unbranched alkanes of at least 4 members (excludes halogenated alkanes) is 5. The highest BCUT2D eigenvalue weighted by Gasteiger charge is 2.43. The van der Waals surface area contributed by atoms with Crippen LogP contribution in [0, 0.1) is 2.88 Å². The number of aromatic nitrogens is 4. The number of aryl methyl sites for hydroxylation is 1. The van der Waals surface area contributed by atoms with Gasteiger partial charge in [0, 0.05) is 18.0 Å². The largest absolute Gasteiger partial charge is 0.470 e. The monoisotopic (exact) mass is 667 g/mol. The molecule has 0 spiro atoms. The predicted octanol–water partition coefficient (Wildman–Crippen LogP) is 1.81. The molecule has 1 saturated heterocycles. The van der Waals surface area contributed by atoms with Gasteiger partial charge in [-0.05, 0) is 47.6 Å². The van der Waals surface area contributed by atoms with E-state index in [1.54, 1.807) is 17.7 Å². The molecule has 6 N–H and O–H groups in total. The second-order valence-corrected chi connectivity index (χ2v) is 12.2. The summed E-state index contributed by atoms with van der Waals surface area (Å²) >= 11 is 3.94. The predicted molar refractivity (Wildman–Crippen MR) is 149 cm³/mol. The third-order valence-corrected chi connectivity index (χ3v) is 8.22. The molecule has 4 rings (SSSR count). The van der Waals surface area contributed by atoms with Crippen LogP contribution >= 0.6 is 33.9 Å². The average Bonchev–Trinajstić information content (AvgIpc) is 3.51. The number of halogens is 1. The Morgan fingerprint density at radius 2 is 1.79 bits per heavy atom. The SMILES string of the molecule is Nc1nc(OCc2ccc([131I])s2)c2ncn(CCCCCCCCO[C@@H]3O[C@H](CO)[C@@H](O)[C@H](O)[C@H]3O)c2n1. The molecular weight excluding hydrogens is 633 g/mol. The number of aliphatic hydroxyl groups is 4. The summed E-state index contributed by atoms with van der Waals surface area (Å²) in [7, 11) is 0. The van der Waals surface area contributed by atoms with Crippen molar-refractivity contribution >= 4 is 51.0 Å². The van der Waals surface area contributed by atoms with E-state index in [0.29, 0.717) is 30.3 Å². The van der Waals surface area contributed by atoms with Crippen molar-refractivity contribution in [3.8, 4) is 5.88 Å². The van der Waals surface area contributed by atoms with Crippen LogP contribution in [0.25, 0.3) is 11.2 Å². The minimum absolute atomic E-state index is 0.154. The maximum atomic E-state index is 10.0. The van der Waals surface area contributed by atoms with E-state index in [0.717, 1.165) is 49.9 Å². The Morgan fingerprint density at radius 3 is 2.53 bits per heavy atom. The summed E-state index contributed by atoms with van der Waals surface area (Å²) in [5, 5.41) is 38.9. The third-order valence-electron chi connectivity index (χ3n) is 6.35. The van der Waals surface area contributed by atoms with Gasteiger partial charge in [0.15, 0.2) is 17.5 Å². The lowest BCUT2D eigenvalue weighted by Crippen LogP contribution is -2.59. The fourth-order valence-electron chi connectivity index (χ4n) is 4.26. The van der Waals surface area contributed by atoms with Crippen LogP contribution < -0.4 is 10.5 Å². The number of fused-ring (bicyclic) bond motifs is 1. The molecule has 3 aromatic rings. The summed E-state index contributed by atoms with van der Waals surface area (Å²) in [5.41, 5.74) is 7.20. The van der Waals surface area contributed by atoms with Crippen molar-refractivity contribution < 1.29 is 34.6 Å². The van der Waals surface area contributed by atoms with Crippen LogP contribution in [-0.4, -0.2) is 83.9 Å². The fraction of sp³-hybridized carbons (Fsp3) is 0.625. The number of nitrogens with two attached hydrogens (primary N) is 1. The molecule has 0 saturated carbocycles. The standard InChI is InChI=1S/C24H34IN5O7S/c25-16-8-7-14(38-16)12-36-22-17-21(28-24(26)29-22)30(13-27-17)9-5-3-1-2-4-6-10-35-23-20(34)19(33)18(32)15(11-31)37-23/h7-8,13,15,18-20,23,31-34H,1-6,9-12H2,(H2,26,28,29)/t15-,18-,19+,20-,23-/m1/s1/i25+4. The lowest BCUT2D eigenvalue weighted by Gasteiger charge is -2.39. The molecule has 1 aliphatic heterocycles. The molecule has 5 atom stereocenters. The van der Waals surface area contributed by atoms with Crippen molar-refractivity contribution in [3.05, 3.63) is 26.2 Å².